The van der Waals surface area contributed by atoms with Gasteiger partial charge in [-0.2, -0.15) is 0 Å². The minimum absolute atomic E-state index is 0.140. The number of rotatable bonds is 3. The zero-order valence-corrected chi connectivity index (χ0v) is 13.6. The Morgan fingerprint density at radius 3 is 2.83 bits per heavy atom. The molecule has 5 heteroatoms. The summed E-state index contributed by atoms with van der Waals surface area (Å²) >= 11 is 0. The van der Waals surface area contributed by atoms with Gasteiger partial charge in [0.1, 0.15) is 11.3 Å². The highest BCUT2D eigenvalue weighted by Gasteiger charge is 2.21. The van der Waals surface area contributed by atoms with Crippen molar-refractivity contribution in [1.82, 2.24) is 9.97 Å². The van der Waals surface area contributed by atoms with Crippen LogP contribution >= 0.6 is 0 Å². The maximum Gasteiger partial charge on any atom is 0.236 e. The van der Waals surface area contributed by atoms with Gasteiger partial charge in [0.2, 0.25) is 5.91 Å². The number of aryl methyl sites for hydroxylation is 2. The highest BCUT2D eigenvalue weighted by molar-refractivity contribution is 5.95. The van der Waals surface area contributed by atoms with Gasteiger partial charge in [-0.15, -0.1) is 0 Å². The fourth-order valence-electron chi connectivity index (χ4n) is 3.09. The van der Waals surface area contributed by atoms with Crippen LogP contribution < -0.4 is 5.32 Å². The molecular formula is C19H19N3O2. The molecule has 1 N–H and O–H groups in total. The summed E-state index contributed by atoms with van der Waals surface area (Å²) in [5, 5.41) is 3.86. The number of anilines is 1. The number of aromatic nitrogens is 2. The zero-order valence-electron chi connectivity index (χ0n) is 13.6. The summed E-state index contributed by atoms with van der Waals surface area (Å²) in [6.07, 6.45) is 5.86. The fourth-order valence-corrected chi connectivity index (χ4v) is 3.09. The molecule has 0 saturated carbocycles. The Bertz CT molecular complexity index is 868. The van der Waals surface area contributed by atoms with Crippen LogP contribution in [0.15, 0.2) is 40.9 Å². The van der Waals surface area contributed by atoms with Crippen LogP contribution in [0.1, 0.15) is 42.8 Å². The topological polar surface area (TPSA) is 68.0 Å². The number of amides is 1. The molecule has 2 aromatic heterocycles. The number of carbonyl (C=O) groups is 1. The fraction of sp³-hybridized carbons (Fsp3) is 0.316. The Morgan fingerprint density at radius 1 is 1.21 bits per heavy atom. The van der Waals surface area contributed by atoms with Gasteiger partial charge in [0, 0.05) is 5.39 Å². The van der Waals surface area contributed by atoms with Crippen molar-refractivity contribution in [2.24, 2.45) is 0 Å². The van der Waals surface area contributed by atoms with Crippen LogP contribution in [0.2, 0.25) is 0 Å². The van der Waals surface area contributed by atoms with Gasteiger partial charge in [0.05, 0.1) is 23.5 Å². The Morgan fingerprint density at radius 2 is 2.00 bits per heavy atom. The van der Waals surface area contributed by atoms with E-state index in [1.165, 1.54) is 0 Å². The molecule has 1 amide bonds. The molecule has 5 nitrogen and oxygen atoms in total. The number of nitrogens with one attached hydrogen (secondary N) is 1. The van der Waals surface area contributed by atoms with Gasteiger partial charge in [-0.25, -0.2) is 4.98 Å². The van der Waals surface area contributed by atoms with E-state index in [-0.39, 0.29) is 5.91 Å². The van der Waals surface area contributed by atoms with Gasteiger partial charge in [0.15, 0.2) is 5.82 Å². The summed E-state index contributed by atoms with van der Waals surface area (Å²) in [4.78, 5) is 21.5. The van der Waals surface area contributed by atoms with Gasteiger partial charge in [0.25, 0.3) is 0 Å². The molecule has 2 heterocycles. The lowest BCUT2D eigenvalue weighted by Gasteiger charge is -2.15. The van der Waals surface area contributed by atoms with Crippen molar-refractivity contribution in [3.05, 3.63) is 53.7 Å². The van der Waals surface area contributed by atoms with Crippen molar-refractivity contribution < 1.29 is 9.21 Å². The lowest BCUT2D eigenvalue weighted by atomic mass is 10.0. The Kier molecular flexibility index (Phi) is 3.76. The van der Waals surface area contributed by atoms with E-state index in [2.05, 4.69) is 15.3 Å². The van der Waals surface area contributed by atoms with Crippen LogP contribution in [0, 0.1) is 0 Å². The molecule has 1 atom stereocenters. The third-order valence-electron chi connectivity index (χ3n) is 4.52. The molecule has 0 saturated heterocycles. The van der Waals surface area contributed by atoms with Crippen molar-refractivity contribution in [2.45, 2.75) is 38.5 Å². The molecule has 4 rings (SSSR count). The summed E-state index contributed by atoms with van der Waals surface area (Å²) in [6, 6.07) is 9.66. The molecule has 3 aromatic rings. The van der Waals surface area contributed by atoms with Crippen LogP contribution in [0.25, 0.3) is 11.0 Å². The quantitative estimate of drug-likeness (QED) is 0.796. The first-order valence-electron chi connectivity index (χ1n) is 8.35. The molecule has 1 aromatic carbocycles. The number of nitrogens with zero attached hydrogens (tertiary/aromatic N) is 2. The lowest BCUT2D eigenvalue weighted by molar-refractivity contribution is -0.117. The minimum atomic E-state index is -0.393. The van der Waals surface area contributed by atoms with Gasteiger partial charge >= 0.3 is 0 Å². The maximum absolute atomic E-state index is 12.5. The van der Waals surface area contributed by atoms with Gasteiger partial charge < -0.3 is 9.73 Å². The molecule has 0 radical (unpaired) electrons. The van der Waals surface area contributed by atoms with Gasteiger partial charge in [-0.1, -0.05) is 18.2 Å². The van der Waals surface area contributed by atoms with E-state index in [4.69, 9.17) is 4.42 Å². The van der Waals surface area contributed by atoms with E-state index in [1.54, 1.807) is 6.20 Å². The Labute approximate surface area is 140 Å². The molecule has 0 aliphatic heterocycles. The van der Waals surface area contributed by atoms with Crippen molar-refractivity contribution in [1.29, 1.82) is 0 Å². The lowest BCUT2D eigenvalue weighted by Crippen LogP contribution is -2.20. The molecule has 0 bridgehead atoms. The monoisotopic (exact) mass is 321 g/mol. The Hall–Kier alpha value is -2.69. The number of benzene rings is 1. The SMILES string of the molecule is CC(C(=O)Nc1cnc2c(n1)CCCC2)c1cc2ccccc2o1. The number of para-hydroxylation sites is 1. The van der Waals surface area contributed by atoms with Crippen molar-refractivity contribution in [3.63, 3.8) is 0 Å². The van der Waals surface area contributed by atoms with Crippen LogP contribution in [-0.2, 0) is 17.6 Å². The van der Waals surface area contributed by atoms with E-state index in [1.807, 2.05) is 37.3 Å². The van der Waals surface area contributed by atoms with E-state index in [0.717, 1.165) is 48.0 Å². The maximum atomic E-state index is 12.5. The van der Waals surface area contributed by atoms with Crippen LogP contribution in [0.3, 0.4) is 0 Å². The van der Waals surface area contributed by atoms with Crippen LogP contribution in [0.5, 0.6) is 0 Å². The molecular weight excluding hydrogens is 302 g/mol. The van der Waals surface area contributed by atoms with E-state index in [9.17, 15) is 4.79 Å². The third kappa shape index (κ3) is 2.77. The van der Waals surface area contributed by atoms with E-state index in [0.29, 0.717) is 11.6 Å². The smallest absolute Gasteiger partial charge is 0.236 e. The molecule has 1 unspecified atom stereocenters. The van der Waals surface area contributed by atoms with Crippen molar-refractivity contribution >= 4 is 22.7 Å². The second kappa shape index (κ2) is 6.07. The average Bonchev–Trinajstić information content (AvgIpc) is 3.05. The Balaban J connectivity index is 1.53. The number of hydrogen-bond acceptors (Lipinski definition) is 4. The predicted octanol–water partition coefficient (Wildman–Crippen LogP) is 3.84. The van der Waals surface area contributed by atoms with Gasteiger partial charge in [-0.3, -0.25) is 9.78 Å². The molecule has 0 spiro atoms. The van der Waals surface area contributed by atoms with E-state index >= 15 is 0 Å². The normalized spacial score (nSPS) is 15.0. The van der Waals surface area contributed by atoms with Gasteiger partial charge in [-0.05, 0) is 44.7 Å². The number of carbonyl (C=O) groups excluding carboxylic acids is 1. The number of hydrogen-bond donors (Lipinski definition) is 1. The summed E-state index contributed by atoms with van der Waals surface area (Å²) in [6.45, 7) is 1.83. The van der Waals surface area contributed by atoms with Crippen molar-refractivity contribution in [3.8, 4) is 0 Å². The zero-order chi connectivity index (χ0) is 16.5. The average molecular weight is 321 g/mol. The first kappa shape index (κ1) is 14.9. The molecule has 0 fully saturated rings. The van der Waals surface area contributed by atoms with E-state index < -0.39 is 5.92 Å². The first-order valence-corrected chi connectivity index (χ1v) is 8.35. The minimum Gasteiger partial charge on any atom is -0.460 e. The molecule has 122 valence electrons. The van der Waals surface area contributed by atoms with Crippen molar-refractivity contribution in [2.75, 3.05) is 5.32 Å². The largest absolute Gasteiger partial charge is 0.460 e. The summed E-state index contributed by atoms with van der Waals surface area (Å²) < 4.78 is 5.78. The first-order chi connectivity index (χ1) is 11.7. The summed E-state index contributed by atoms with van der Waals surface area (Å²) in [5.74, 6) is 0.637. The molecule has 24 heavy (non-hydrogen) atoms. The standard InChI is InChI=1S/C19H19N3O2/c1-12(17-10-13-6-2-5-9-16(13)24-17)19(23)22-18-11-20-14-7-3-4-8-15(14)21-18/h2,5-6,9-12H,3-4,7-8H2,1H3,(H,21,22,23). The predicted molar refractivity (Wildman–Crippen MR) is 91.9 cm³/mol. The second-order valence-corrected chi connectivity index (χ2v) is 6.25. The summed E-state index contributed by atoms with van der Waals surface area (Å²) in [5.41, 5.74) is 2.86. The second-order valence-electron chi connectivity index (χ2n) is 6.25. The highest BCUT2D eigenvalue weighted by atomic mass is 16.3. The third-order valence-corrected chi connectivity index (χ3v) is 4.52. The summed E-state index contributed by atoms with van der Waals surface area (Å²) in [7, 11) is 0. The molecule has 1 aliphatic rings. The van der Waals surface area contributed by atoms with Crippen LogP contribution in [-0.4, -0.2) is 15.9 Å². The number of fused-ring (bicyclic) bond motifs is 2. The van der Waals surface area contributed by atoms with Crippen LogP contribution in [0.4, 0.5) is 5.82 Å². The molecule has 1 aliphatic carbocycles. The highest BCUT2D eigenvalue weighted by Crippen LogP contribution is 2.26. The number of furan rings is 1.